The number of para-hydroxylation sites is 1. The zero-order valence-corrected chi connectivity index (χ0v) is 15.3. The maximum Gasteiger partial charge on any atom is 0.119 e. The summed E-state index contributed by atoms with van der Waals surface area (Å²) in [4.78, 5) is 0. The molecule has 0 amide bonds. The topological polar surface area (TPSA) is 47.3 Å². The van der Waals surface area contributed by atoms with Crippen LogP contribution in [0.5, 0.6) is 5.75 Å². The van der Waals surface area contributed by atoms with Gasteiger partial charge in [0.1, 0.15) is 12.4 Å². The summed E-state index contributed by atoms with van der Waals surface area (Å²) in [5, 5.41) is 4.42. The van der Waals surface area contributed by atoms with Gasteiger partial charge in [0.2, 0.25) is 0 Å². The molecule has 2 aromatic carbocycles. The zero-order chi connectivity index (χ0) is 17.5. The van der Waals surface area contributed by atoms with Gasteiger partial charge >= 0.3 is 0 Å². The zero-order valence-electron chi connectivity index (χ0n) is 14.6. The highest BCUT2D eigenvalue weighted by molar-refractivity contribution is 6.30. The largest absolute Gasteiger partial charge is 0.492 e. The van der Waals surface area contributed by atoms with E-state index in [0.717, 1.165) is 43.0 Å². The lowest BCUT2D eigenvalue weighted by atomic mass is 9.68. The monoisotopic (exact) mass is 358 g/mol. The quantitative estimate of drug-likeness (QED) is 0.731. The molecule has 1 fully saturated rings. The van der Waals surface area contributed by atoms with Gasteiger partial charge in [-0.1, -0.05) is 41.9 Å². The Morgan fingerprint density at radius 2 is 1.84 bits per heavy atom. The third-order valence-electron chi connectivity index (χ3n) is 5.32. The highest BCUT2D eigenvalue weighted by Gasteiger charge is 2.35. The molecule has 0 saturated heterocycles. The lowest BCUT2D eigenvalue weighted by Crippen LogP contribution is -2.44. The summed E-state index contributed by atoms with van der Waals surface area (Å²) in [7, 11) is 0. The molecular formula is C21H27ClN2O. The molecule has 4 heteroatoms. The first kappa shape index (κ1) is 18.2. The van der Waals surface area contributed by atoms with E-state index in [2.05, 4.69) is 17.4 Å². The predicted octanol–water partition coefficient (Wildman–Crippen LogP) is 4.15. The Balaban J connectivity index is 1.46. The molecule has 0 spiro atoms. The van der Waals surface area contributed by atoms with Crippen LogP contribution in [0.15, 0.2) is 54.6 Å². The molecule has 2 aromatic rings. The van der Waals surface area contributed by atoms with E-state index < -0.39 is 0 Å². The summed E-state index contributed by atoms with van der Waals surface area (Å²) in [6.45, 7) is 2.24. The van der Waals surface area contributed by atoms with Crippen LogP contribution in [0.1, 0.15) is 31.2 Å². The first-order chi connectivity index (χ1) is 12.2. The normalized spacial score (nSPS) is 23.4. The van der Waals surface area contributed by atoms with Gasteiger partial charge in [0.25, 0.3) is 0 Å². The fourth-order valence-electron chi connectivity index (χ4n) is 3.75. The van der Waals surface area contributed by atoms with Crippen LogP contribution in [-0.2, 0) is 5.41 Å². The smallest absolute Gasteiger partial charge is 0.119 e. The minimum Gasteiger partial charge on any atom is -0.492 e. The van der Waals surface area contributed by atoms with Gasteiger partial charge in [-0.2, -0.15) is 0 Å². The molecule has 134 valence electrons. The van der Waals surface area contributed by atoms with Crippen molar-refractivity contribution in [3.63, 3.8) is 0 Å². The summed E-state index contributed by atoms with van der Waals surface area (Å²) in [5.74, 6) is 0.927. The second kappa shape index (κ2) is 8.70. The van der Waals surface area contributed by atoms with Crippen LogP contribution in [-0.4, -0.2) is 25.7 Å². The molecule has 0 radical (unpaired) electrons. The summed E-state index contributed by atoms with van der Waals surface area (Å²) in [6.07, 6.45) is 4.46. The second-order valence-corrected chi connectivity index (χ2v) is 7.32. The van der Waals surface area contributed by atoms with Gasteiger partial charge in [0, 0.05) is 29.6 Å². The minimum atomic E-state index is 0.0730. The average Bonchev–Trinajstić information content (AvgIpc) is 2.67. The molecular weight excluding hydrogens is 332 g/mol. The molecule has 3 rings (SSSR count). The van der Waals surface area contributed by atoms with E-state index in [1.165, 1.54) is 5.56 Å². The number of nitrogens with one attached hydrogen (secondary N) is 1. The predicted molar refractivity (Wildman–Crippen MR) is 104 cm³/mol. The maximum absolute atomic E-state index is 6.18. The Hall–Kier alpha value is -1.55. The van der Waals surface area contributed by atoms with Crippen LogP contribution < -0.4 is 15.8 Å². The molecule has 1 aliphatic carbocycles. The highest BCUT2D eigenvalue weighted by atomic mass is 35.5. The Labute approximate surface area is 155 Å². The maximum atomic E-state index is 6.18. The van der Waals surface area contributed by atoms with Gasteiger partial charge in [-0.15, -0.1) is 0 Å². The Morgan fingerprint density at radius 1 is 1.08 bits per heavy atom. The lowest BCUT2D eigenvalue weighted by Gasteiger charge is -2.40. The molecule has 0 bridgehead atoms. The van der Waals surface area contributed by atoms with Crippen molar-refractivity contribution < 1.29 is 4.74 Å². The van der Waals surface area contributed by atoms with Gasteiger partial charge in [0.15, 0.2) is 0 Å². The standard InChI is InChI=1S/C21H27ClN2O/c22-18-6-4-5-17(15-18)21(16-23)11-9-19(10-12-21)24-13-14-25-20-7-2-1-3-8-20/h1-8,15,19,24H,9-14,16,23H2. The van der Waals surface area contributed by atoms with Crippen molar-refractivity contribution in [2.24, 2.45) is 5.73 Å². The molecule has 3 N–H and O–H groups in total. The van der Waals surface area contributed by atoms with Crippen molar-refractivity contribution in [2.45, 2.75) is 37.1 Å². The van der Waals surface area contributed by atoms with Crippen molar-refractivity contribution in [1.82, 2.24) is 5.32 Å². The van der Waals surface area contributed by atoms with E-state index in [1.54, 1.807) is 0 Å². The Bertz CT molecular complexity index is 654. The van der Waals surface area contributed by atoms with E-state index in [0.29, 0.717) is 19.2 Å². The number of benzene rings is 2. The van der Waals surface area contributed by atoms with E-state index in [4.69, 9.17) is 22.1 Å². The fourth-order valence-corrected chi connectivity index (χ4v) is 3.94. The number of hydrogen-bond donors (Lipinski definition) is 2. The van der Waals surface area contributed by atoms with Crippen LogP contribution in [0.2, 0.25) is 5.02 Å². The molecule has 0 aromatic heterocycles. The third-order valence-corrected chi connectivity index (χ3v) is 5.55. The number of ether oxygens (including phenoxy) is 1. The molecule has 0 heterocycles. The lowest BCUT2D eigenvalue weighted by molar-refractivity contribution is 0.237. The summed E-state index contributed by atoms with van der Waals surface area (Å²) < 4.78 is 5.74. The molecule has 0 atom stereocenters. The average molecular weight is 359 g/mol. The first-order valence-electron chi connectivity index (χ1n) is 9.09. The summed E-state index contributed by atoms with van der Waals surface area (Å²) in [5.41, 5.74) is 7.53. The van der Waals surface area contributed by atoms with Crippen LogP contribution in [0.25, 0.3) is 0 Å². The van der Waals surface area contributed by atoms with Gasteiger partial charge in [0.05, 0.1) is 0 Å². The van der Waals surface area contributed by atoms with Crippen molar-refractivity contribution in [3.05, 3.63) is 65.2 Å². The van der Waals surface area contributed by atoms with Crippen LogP contribution in [0, 0.1) is 0 Å². The van der Waals surface area contributed by atoms with Crippen LogP contribution in [0.4, 0.5) is 0 Å². The summed E-state index contributed by atoms with van der Waals surface area (Å²) >= 11 is 6.18. The van der Waals surface area contributed by atoms with E-state index in [1.807, 2.05) is 42.5 Å². The van der Waals surface area contributed by atoms with E-state index in [-0.39, 0.29) is 5.41 Å². The molecule has 25 heavy (non-hydrogen) atoms. The number of hydrogen-bond acceptors (Lipinski definition) is 3. The van der Waals surface area contributed by atoms with E-state index >= 15 is 0 Å². The Kier molecular flexibility index (Phi) is 6.35. The molecule has 0 unspecified atom stereocenters. The number of rotatable bonds is 7. The van der Waals surface area contributed by atoms with Crippen LogP contribution >= 0.6 is 11.6 Å². The first-order valence-corrected chi connectivity index (χ1v) is 9.47. The summed E-state index contributed by atoms with van der Waals surface area (Å²) in [6, 6.07) is 18.7. The Morgan fingerprint density at radius 3 is 2.52 bits per heavy atom. The molecule has 1 aliphatic rings. The fraction of sp³-hybridized carbons (Fsp3) is 0.429. The number of nitrogens with two attached hydrogens (primary N) is 1. The SMILES string of the molecule is NCC1(c2cccc(Cl)c2)CCC(NCCOc2ccccc2)CC1. The molecule has 3 nitrogen and oxygen atoms in total. The third kappa shape index (κ3) is 4.75. The van der Waals surface area contributed by atoms with Gasteiger partial charge < -0.3 is 15.8 Å². The molecule has 0 aliphatic heterocycles. The highest BCUT2D eigenvalue weighted by Crippen LogP contribution is 2.39. The van der Waals surface area contributed by atoms with Crippen molar-refractivity contribution in [3.8, 4) is 5.75 Å². The van der Waals surface area contributed by atoms with Crippen molar-refractivity contribution in [1.29, 1.82) is 0 Å². The van der Waals surface area contributed by atoms with Crippen LogP contribution in [0.3, 0.4) is 0 Å². The van der Waals surface area contributed by atoms with Gasteiger partial charge in [-0.3, -0.25) is 0 Å². The van der Waals surface area contributed by atoms with E-state index in [9.17, 15) is 0 Å². The van der Waals surface area contributed by atoms with Crippen molar-refractivity contribution >= 4 is 11.6 Å². The minimum absolute atomic E-state index is 0.0730. The van der Waals surface area contributed by atoms with Gasteiger partial charge in [-0.05, 0) is 55.5 Å². The molecule has 1 saturated carbocycles. The second-order valence-electron chi connectivity index (χ2n) is 6.88. The van der Waals surface area contributed by atoms with Crippen molar-refractivity contribution in [2.75, 3.05) is 19.7 Å². The van der Waals surface area contributed by atoms with Gasteiger partial charge in [-0.25, -0.2) is 0 Å². The number of halogens is 1.